The summed E-state index contributed by atoms with van der Waals surface area (Å²) in [6, 6.07) is 0. The van der Waals surface area contributed by atoms with Crippen molar-refractivity contribution in [2.45, 2.75) is 65.8 Å². The number of rotatable bonds is 5. The fourth-order valence-corrected chi connectivity index (χ4v) is 4.13. The lowest BCUT2D eigenvalue weighted by atomic mass is 10.0. The minimum absolute atomic E-state index is 0.00126. The summed E-state index contributed by atoms with van der Waals surface area (Å²) in [5.41, 5.74) is 7.02. The second kappa shape index (κ2) is 7.78. The second-order valence-corrected chi connectivity index (χ2v) is 7.87. The van der Waals surface area contributed by atoms with Crippen LogP contribution in [0.4, 0.5) is 5.69 Å². The summed E-state index contributed by atoms with van der Waals surface area (Å²) in [6.07, 6.45) is 6.71. The van der Waals surface area contributed by atoms with E-state index < -0.39 is 0 Å². The maximum atomic E-state index is 11.9. The smallest absolute Gasteiger partial charge is 0.221 e. The summed E-state index contributed by atoms with van der Waals surface area (Å²) in [6.45, 7) is 7.96. The minimum Gasteiger partial charge on any atom is -0.330 e. The third kappa shape index (κ3) is 3.63. The zero-order valence-corrected chi connectivity index (χ0v) is 16.9. The van der Waals surface area contributed by atoms with Crippen molar-refractivity contribution in [1.82, 2.24) is 14.5 Å². The number of anilines is 1. The lowest BCUT2D eigenvalue weighted by Crippen LogP contribution is -2.16. The topological polar surface area (TPSA) is 50.2 Å². The number of aryl methyl sites for hydroxylation is 3. The molecule has 1 amide bonds. The first-order valence-electron chi connectivity index (χ1n) is 9.83. The van der Waals surface area contributed by atoms with Crippen LogP contribution in [0.3, 0.4) is 0 Å². The van der Waals surface area contributed by atoms with Crippen LogP contribution in [0.1, 0.15) is 55.1 Å². The third-order valence-corrected chi connectivity index (χ3v) is 5.57. The molecule has 5 heteroatoms. The molecule has 0 spiro atoms. The highest BCUT2D eigenvalue weighted by Crippen LogP contribution is 2.37. The van der Waals surface area contributed by atoms with Crippen LogP contribution in [-0.4, -0.2) is 41.0 Å². The highest BCUT2D eigenvalue weighted by atomic mass is 16.1. The van der Waals surface area contributed by atoms with Crippen molar-refractivity contribution in [1.29, 1.82) is 0 Å². The number of aromatic nitrogens is 2. The van der Waals surface area contributed by atoms with Gasteiger partial charge in [0.2, 0.25) is 5.91 Å². The van der Waals surface area contributed by atoms with Gasteiger partial charge in [-0.05, 0) is 77.7 Å². The number of nitrogens with zero attached hydrogens (tertiary/aromatic N) is 3. The predicted molar refractivity (Wildman–Crippen MR) is 108 cm³/mol. The summed E-state index contributed by atoms with van der Waals surface area (Å²) < 4.78 is 2.35. The number of carbonyl (C=O) groups is 1. The van der Waals surface area contributed by atoms with Crippen LogP contribution >= 0.6 is 0 Å². The number of nitrogens with one attached hydrogen (secondary N) is 1. The maximum absolute atomic E-state index is 11.9. The molecule has 0 aliphatic heterocycles. The molecule has 0 bridgehead atoms. The SMILES string of the molecule is CC(=O)Nc1c2c(nc3c1c(C)c(C)n3CCCN(C)C)CCCCC2. The van der Waals surface area contributed by atoms with Crippen LogP contribution in [0.5, 0.6) is 0 Å². The Morgan fingerprint density at radius 1 is 1.19 bits per heavy atom. The van der Waals surface area contributed by atoms with E-state index in [1.165, 1.54) is 41.8 Å². The van der Waals surface area contributed by atoms with Gasteiger partial charge in [0.05, 0.1) is 5.69 Å². The standard InChI is InChI=1S/C21H32N4O/c1-14-15(2)25(13-9-12-24(4)5)21-19(14)20(22-16(3)26)17-10-7-6-8-11-18(17)23-21/h6-13H2,1-5H3,(H,22,23,26). The Labute approximate surface area is 156 Å². The van der Waals surface area contributed by atoms with Crippen LogP contribution in [0.15, 0.2) is 0 Å². The van der Waals surface area contributed by atoms with Gasteiger partial charge in [-0.15, -0.1) is 0 Å². The van der Waals surface area contributed by atoms with Crippen molar-refractivity contribution in [3.8, 4) is 0 Å². The van der Waals surface area contributed by atoms with Gasteiger partial charge in [-0.1, -0.05) is 6.42 Å². The monoisotopic (exact) mass is 356 g/mol. The molecule has 3 rings (SSSR count). The number of fused-ring (bicyclic) bond motifs is 2. The number of carbonyl (C=O) groups excluding carboxylic acids is 1. The van der Waals surface area contributed by atoms with E-state index in [0.717, 1.165) is 49.1 Å². The lowest BCUT2D eigenvalue weighted by molar-refractivity contribution is -0.114. The Kier molecular flexibility index (Phi) is 5.66. The Morgan fingerprint density at radius 2 is 1.92 bits per heavy atom. The molecule has 1 aliphatic carbocycles. The molecule has 0 unspecified atom stereocenters. The molecule has 2 aromatic rings. The van der Waals surface area contributed by atoms with E-state index >= 15 is 0 Å². The molecule has 5 nitrogen and oxygen atoms in total. The molecular weight excluding hydrogens is 324 g/mol. The number of amides is 1. The van der Waals surface area contributed by atoms with Crippen LogP contribution in [0.2, 0.25) is 0 Å². The molecule has 0 saturated carbocycles. The van der Waals surface area contributed by atoms with Crippen molar-refractivity contribution in [3.05, 3.63) is 22.5 Å². The van der Waals surface area contributed by atoms with Gasteiger partial charge in [-0.25, -0.2) is 4.98 Å². The normalized spacial score (nSPS) is 14.5. The van der Waals surface area contributed by atoms with Gasteiger partial charge in [0, 0.05) is 30.2 Å². The average molecular weight is 357 g/mol. The molecule has 142 valence electrons. The highest BCUT2D eigenvalue weighted by molar-refractivity contribution is 6.03. The van der Waals surface area contributed by atoms with E-state index in [9.17, 15) is 4.79 Å². The first kappa shape index (κ1) is 18.9. The average Bonchev–Trinajstić information content (AvgIpc) is 2.74. The van der Waals surface area contributed by atoms with E-state index in [1.807, 2.05) is 0 Å². The van der Waals surface area contributed by atoms with Gasteiger partial charge in [-0.2, -0.15) is 0 Å². The van der Waals surface area contributed by atoms with Crippen LogP contribution in [0, 0.1) is 13.8 Å². The Morgan fingerprint density at radius 3 is 2.62 bits per heavy atom. The fourth-order valence-electron chi connectivity index (χ4n) is 4.13. The van der Waals surface area contributed by atoms with Gasteiger partial charge in [0.25, 0.3) is 0 Å². The summed E-state index contributed by atoms with van der Waals surface area (Å²) >= 11 is 0. The molecule has 26 heavy (non-hydrogen) atoms. The maximum Gasteiger partial charge on any atom is 0.221 e. The van der Waals surface area contributed by atoms with Crippen molar-refractivity contribution >= 4 is 22.6 Å². The quantitative estimate of drug-likeness (QED) is 0.828. The van der Waals surface area contributed by atoms with E-state index in [-0.39, 0.29) is 5.91 Å². The summed E-state index contributed by atoms with van der Waals surface area (Å²) in [5, 5.41) is 4.30. The Bertz CT molecular complexity index is 820. The first-order valence-corrected chi connectivity index (χ1v) is 9.83. The number of hydrogen-bond acceptors (Lipinski definition) is 3. The Balaban J connectivity index is 2.17. The fraction of sp³-hybridized carbons (Fsp3) is 0.619. The highest BCUT2D eigenvalue weighted by Gasteiger charge is 2.23. The van der Waals surface area contributed by atoms with Gasteiger partial charge < -0.3 is 14.8 Å². The minimum atomic E-state index is 0.00126. The first-order chi connectivity index (χ1) is 12.4. The molecule has 0 fully saturated rings. The van der Waals surface area contributed by atoms with Crippen molar-refractivity contribution in [2.75, 3.05) is 26.0 Å². The summed E-state index contributed by atoms with van der Waals surface area (Å²) in [5.74, 6) is 0.00126. The third-order valence-electron chi connectivity index (χ3n) is 5.57. The van der Waals surface area contributed by atoms with E-state index in [2.05, 4.69) is 42.7 Å². The molecule has 1 N–H and O–H groups in total. The molecule has 0 aromatic carbocycles. The molecule has 2 heterocycles. The predicted octanol–water partition coefficient (Wildman–Crippen LogP) is 3.83. The molecule has 2 aromatic heterocycles. The molecule has 0 atom stereocenters. The zero-order valence-electron chi connectivity index (χ0n) is 16.9. The molecule has 0 saturated heterocycles. The van der Waals surface area contributed by atoms with Crippen LogP contribution < -0.4 is 5.32 Å². The van der Waals surface area contributed by atoms with Gasteiger partial charge in [0.1, 0.15) is 5.65 Å². The van der Waals surface area contributed by atoms with E-state index in [4.69, 9.17) is 4.98 Å². The van der Waals surface area contributed by atoms with Crippen molar-refractivity contribution in [3.63, 3.8) is 0 Å². The van der Waals surface area contributed by atoms with Crippen molar-refractivity contribution in [2.24, 2.45) is 0 Å². The van der Waals surface area contributed by atoms with E-state index in [0.29, 0.717) is 0 Å². The van der Waals surface area contributed by atoms with Crippen molar-refractivity contribution < 1.29 is 4.79 Å². The molecule has 1 aliphatic rings. The lowest BCUT2D eigenvalue weighted by Gasteiger charge is -2.16. The van der Waals surface area contributed by atoms with Gasteiger partial charge in [-0.3, -0.25) is 4.79 Å². The number of hydrogen-bond donors (Lipinski definition) is 1. The second-order valence-electron chi connectivity index (χ2n) is 7.87. The van der Waals surface area contributed by atoms with Crippen LogP contribution in [-0.2, 0) is 24.2 Å². The van der Waals surface area contributed by atoms with Crippen LogP contribution in [0.25, 0.3) is 11.0 Å². The number of pyridine rings is 1. The molecular formula is C21H32N4O. The summed E-state index contributed by atoms with van der Waals surface area (Å²) in [4.78, 5) is 19.3. The zero-order chi connectivity index (χ0) is 18.8. The van der Waals surface area contributed by atoms with Gasteiger partial charge in [0.15, 0.2) is 0 Å². The van der Waals surface area contributed by atoms with Gasteiger partial charge >= 0.3 is 0 Å². The summed E-state index contributed by atoms with van der Waals surface area (Å²) in [7, 11) is 4.22. The largest absolute Gasteiger partial charge is 0.330 e. The van der Waals surface area contributed by atoms with E-state index in [1.54, 1.807) is 6.92 Å². The molecule has 0 radical (unpaired) electrons. The Hall–Kier alpha value is -1.88.